The molecule has 1 aliphatic rings. The van der Waals surface area contributed by atoms with Gasteiger partial charge in [-0.15, -0.1) is 0 Å². The van der Waals surface area contributed by atoms with Crippen LogP contribution in [0.1, 0.15) is 42.8 Å². The van der Waals surface area contributed by atoms with E-state index in [4.69, 9.17) is 4.98 Å². The zero-order valence-electron chi connectivity index (χ0n) is 16.6. The minimum absolute atomic E-state index is 0.0328. The van der Waals surface area contributed by atoms with E-state index in [2.05, 4.69) is 38.9 Å². The monoisotopic (exact) mass is 406 g/mol. The molecule has 4 rings (SSSR count). The van der Waals surface area contributed by atoms with Gasteiger partial charge in [0.25, 0.3) is 0 Å². The van der Waals surface area contributed by atoms with Crippen LogP contribution in [0.3, 0.4) is 0 Å². The first kappa shape index (κ1) is 19.6. The number of carbonyl (C=O) groups is 1. The maximum Gasteiger partial charge on any atom is 0.223 e. The molecule has 0 radical (unpaired) electrons. The molecule has 1 saturated heterocycles. The standard InChI is InChI=1S/C23H26N4OS/c1-17(19-10-6-3-7-11-19)24-22(28)20-12-14-27(15-13-20)23-25-21(26-29-23)16-18-8-4-2-5-9-18/h2-11,17,20H,12-16H2,1H3,(H,24,28). The molecule has 1 fully saturated rings. The fourth-order valence-corrected chi connectivity index (χ4v) is 4.45. The van der Waals surface area contributed by atoms with Crippen molar-refractivity contribution in [2.45, 2.75) is 32.2 Å². The highest BCUT2D eigenvalue weighted by Gasteiger charge is 2.27. The largest absolute Gasteiger partial charge is 0.349 e. The molecule has 2 heterocycles. The molecule has 6 heteroatoms. The molecule has 29 heavy (non-hydrogen) atoms. The predicted octanol–water partition coefficient (Wildman–Crippen LogP) is 4.22. The molecule has 3 aromatic rings. The smallest absolute Gasteiger partial charge is 0.223 e. The van der Waals surface area contributed by atoms with E-state index in [0.29, 0.717) is 0 Å². The lowest BCUT2D eigenvalue weighted by atomic mass is 9.95. The molecule has 0 bridgehead atoms. The van der Waals surface area contributed by atoms with Crippen molar-refractivity contribution in [3.63, 3.8) is 0 Å². The van der Waals surface area contributed by atoms with Gasteiger partial charge in [-0.1, -0.05) is 60.7 Å². The number of nitrogens with one attached hydrogen (secondary N) is 1. The SMILES string of the molecule is CC(NC(=O)C1CCN(c2nc(Cc3ccccc3)ns2)CC1)c1ccccc1. The highest BCUT2D eigenvalue weighted by molar-refractivity contribution is 7.09. The molecule has 2 aromatic carbocycles. The molecule has 1 atom stereocenters. The molecule has 1 N–H and O–H groups in total. The van der Waals surface area contributed by atoms with Gasteiger partial charge in [-0.3, -0.25) is 4.79 Å². The zero-order chi connectivity index (χ0) is 20.1. The molecule has 0 saturated carbocycles. The van der Waals surface area contributed by atoms with E-state index in [0.717, 1.165) is 48.9 Å². The Morgan fingerprint density at radius 2 is 1.76 bits per heavy atom. The van der Waals surface area contributed by atoms with Gasteiger partial charge in [0.2, 0.25) is 11.0 Å². The predicted molar refractivity (Wildman–Crippen MR) is 117 cm³/mol. The molecule has 1 unspecified atom stereocenters. The number of aromatic nitrogens is 2. The molecule has 0 aliphatic carbocycles. The molecule has 1 amide bonds. The van der Waals surface area contributed by atoms with Crippen LogP contribution in [0.25, 0.3) is 0 Å². The van der Waals surface area contributed by atoms with E-state index >= 15 is 0 Å². The molecule has 1 aromatic heterocycles. The first-order chi connectivity index (χ1) is 14.2. The van der Waals surface area contributed by atoms with Crippen LogP contribution in [0.4, 0.5) is 5.13 Å². The van der Waals surface area contributed by atoms with Gasteiger partial charge in [0.05, 0.1) is 6.04 Å². The van der Waals surface area contributed by atoms with E-state index in [1.807, 2.05) is 43.3 Å². The van der Waals surface area contributed by atoms with Crippen molar-refractivity contribution in [1.82, 2.24) is 14.7 Å². The zero-order valence-corrected chi connectivity index (χ0v) is 17.4. The third kappa shape index (κ3) is 5.01. The van der Waals surface area contributed by atoms with Crippen LogP contribution in [-0.4, -0.2) is 28.4 Å². The lowest BCUT2D eigenvalue weighted by Crippen LogP contribution is -2.41. The van der Waals surface area contributed by atoms with E-state index in [-0.39, 0.29) is 17.9 Å². The molecular formula is C23H26N4OS. The molecule has 0 spiro atoms. The highest BCUT2D eigenvalue weighted by atomic mass is 32.1. The van der Waals surface area contributed by atoms with Crippen molar-refractivity contribution in [2.24, 2.45) is 5.92 Å². The second kappa shape index (κ2) is 9.18. The summed E-state index contributed by atoms with van der Waals surface area (Å²) in [6.45, 7) is 3.73. The number of hydrogen-bond acceptors (Lipinski definition) is 5. The lowest BCUT2D eigenvalue weighted by molar-refractivity contribution is -0.126. The van der Waals surface area contributed by atoms with Gasteiger partial charge in [0, 0.05) is 37.0 Å². The Kier molecular flexibility index (Phi) is 6.20. The topological polar surface area (TPSA) is 58.1 Å². The van der Waals surface area contributed by atoms with E-state index in [1.165, 1.54) is 17.1 Å². The summed E-state index contributed by atoms with van der Waals surface area (Å²) in [6.07, 6.45) is 2.45. The van der Waals surface area contributed by atoms with Crippen LogP contribution < -0.4 is 10.2 Å². The second-order valence-electron chi connectivity index (χ2n) is 7.56. The average Bonchev–Trinajstić information content (AvgIpc) is 3.23. The fourth-order valence-electron chi connectivity index (χ4n) is 3.71. The molecule has 1 aliphatic heterocycles. The van der Waals surface area contributed by atoms with Crippen molar-refractivity contribution in [2.75, 3.05) is 18.0 Å². The Hall–Kier alpha value is -2.73. The summed E-state index contributed by atoms with van der Waals surface area (Å²) in [6, 6.07) is 20.4. The van der Waals surface area contributed by atoms with Gasteiger partial charge >= 0.3 is 0 Å². The van der Waals surface area contributed by atoms with Gasteiger partial charge in [-0.05, 0) is 30.9 Å². The first-order valence-electron chi connectivity index (χ1n) is 10.2. The lowest BCUT2D eigenvalue weighted by Gasteiger charge is -2.31. The maximum absolute atomic E-state index is 12.7. The van der Waals surface area contributed by atoms with Crippen molar-refractivity contribution in [3.8, 4) is 0 Å². The fraction of sp³-hybridized carbons (Fsp3) is 0.348. The van der Waals surface area contributed by atoms with Gasteiger partial charge in [-0.25, -0.2) is 4.98 Å². The summed E-state index contributed by atoms with van der Waals surface area (Å²) in [5, 5.41) is 4.13. The highest BCUT2D eigenvalue weighted by Crippen LogP contribution is 2.26. The number of anilines is 1. The van der Waals surface area contributed by atoms with Crippen LogP contribution in [0.5, 0.6) is 0 Å². The molecular weight excluding hydrogens is 380 g/mol. The summed E-state index contributed by atoms with van der Waals surface area (Å²) in [5.74, 6) is 1.09. The third-order valence-corrected chi connectivity index (χ3v) is 6.27. The van der Waals surface area contributed by atoms with Crippen LogP contribution in [0.15, 0.2) is 60.7 Å². The van der Waals surface area contributed by atoms with Crippen LogP contribution >= 0.6 is 11.5 Å². The summed E-state index contributed by atoms with van der Waals surface area (Å²) in [5.41, 5.74) is 2.36. The van der Waals surface area contributed by atoms with Crippen molar-refractivity contribution < 1.29 is 4.79 Å². The van der Waals surface area contributed by atoms with Gasteiger partial charge in [0.15, 0.2) is 0 Å². The summed E-state index contributed by atoms with van der Waals surface area (Å²) in [4.78, 5) is 19.7. The number of benzene rings is 2. The number of piperidine rings is 1. The van der Waals surface area contributed by atoms with E-state index in [9.17, 15) is 4.79 Å². The van der Waals surface area contributed by atoms with Gasteiger partial charge < -0.3 is 10.2 Å². The van der Waals surface area contributed by atoms with Crippen LogP contribution in [0.2, 0.25) is 0 Å². The van der Waals surface area contributed by atoms with Crippen LogP contribution in [-0.2, 0) is 11.2 Å². The molecule has 5 nitrogen and oxygen atoms in total. The first-order valence-corrected chi connectivity index (χ1v) is 10.9. The number of amides is 1. The van der Waals surface area contributed by atoms with E-state index in [1.54, 1.807) is 0 Å². The Morgan fingerprint density at radius 3 is 2.45 bits per heavy atom. The number of hydrogen-bond donors (Lipinski definition) is 1. The maximum atomic E-state index is 12.7. The Balaban J connectivity index is 1.29. The Labute approximate surface area is 176 Å². The summed E-state index contributed by atoms with van der Waals surface area (Å²) < 4.78 is 4.52. The minimum atomic E-state index is 0.0328. The van der Waals surface area contributed by atoms with Gasteiger partial charge in [-0.2, -0.15) is 4.37 Å². The minimum Gasteiger partial charge on any atom is -0.349 e. The summed E-state index contributed by atoms with van der Waals surface area (Å²) >= 11 is 1.46. The van der Waals surface area contributed by atoms with Gasteiger partial charge in [0.1, 0.15) is 5.82 Å². The number of nitrogens with zero attached hydrogens (tertiary/aromatic N) is 3. The normalized spacial score (nSPS) is 15.8. The average molecular weight is 407 g/mol. The number of rotatable bonds is 6. The second-order valence-corrected chi connectivity index (χ2v) is 8.29. The van der Waals surface area contributed by atoms with Crippen molar-refractivity contribution in [1.29, 1.82) is 0 Å². The van der Waals surface area contributed by atoms with Crippen LogP contribution in [0, 0.1) is 5.92 Å². The van der Waals surface area contributed by atoms with E-state index < -0.39 is 0 Å². The molecule has 150 valence electrons. The quantitative estimate of drug-likeness (QED) is 0.666. The van der Waals surface area contributed by atoms with Crippen molar-refractivity contribution >= 4 is 22.6 Å². The number of carbonyl (C=O) groups excluding carboxylic acids is 1. The Bertz CT molecular complexity index is 920. The van der Waals surface area contributed by atoms with Crippen molar-refractivity contribution in [3.05, 3.63) is 77.6 Å². The Morgan fingerprint density at radius 1 is 1.10 bits per heavy atom. The summed E-state index contributed by atoms with van der Waals surface area (Å²) in [7, 11) is 0. The third-order valence-electron chi connectivity index (χ3n) is 5.46.